The van der Waals surface area contributed by atoms with Crippen molar-refractivity contribution in [3.05, 3.63) is 29.3 Å². The molecular weight excluding hydrogens is 352 g/mol. The summed E-state index contributed by atoms with van der Waals surface area (Å²) in [7, 11) is -3.56. The molecule has 0 spiro atoms. The minimum atomic E-state index is -3.56. The lowest BCUT2D eigenvalue weighted by Gasteiger charge is -2.24. The first kappa shape index (κ1) is 19.3. The van der Waals surface area contributed by atoms with E-state index in [0.29, 0.717) is 18.0 Å². The van der Waals surface area contributed by atoms with Crippen molar-refractivity contribution in [3.8, 4) is 0 Å². The SMILES string of the molecule is CC(=O)N(CCNS(=O)(=O)c1ccc2c(c1)CCCC2)CC1CCCO1. The van der Waals surface area contributed by atoms with Crippen molar-refractivity contribution in [3.63, 3.8) is 0 Å². The third-order valence-corrected chi connectivity index (χ3v) is 6.66. The minimum Gasteiger partial charge on any atom is -0.376 e. The quantitative estimate of drug-likeness (QED) is 0.784. The molecule has 1 aromatic carbocycles. The molecule has 1 fully saturated rings. The van der Waals surface area contributed by atoms with E-state index in [1.165, 1.54) is 18.9 Å². The number of aryl methyl sites for hydroxylation is 2. The minimum absolute atomic E-state index is 0.0616. The van der Waals surface area contributed by atoms with Crippen LogP contribution in [-0.4, -0.2) is 51.6 Å². The lowest BCUT2D eigenvalue weighted by Crippen LogP contribution is -2.41. The highest BCUT2D eigenvalue weighted by atomic mass is 32.2. The predicted molar refractivity (Wildman–Crippen MR) is 99.5 cm³/mol. The fourth-order valence-electron chi connectivity index (χ4n) is 3.69. The van der Waals surface area contributed by atoms with Gasteiger partial charge >= 0.3 is 0 Å². The predicted octanol–water partition coefficient (Wildman–Crippen LogP) is 1.87. The standard InChI is InChI=1S/C19H28N2O4S/c1-15(22)21(14-18-7-4-12-25-18)11-10-20-26(23,24)19-9-8-16-5-2-3-6-17(16)13-19/h8-9,13,18,20H,2-7,10-12,14H2,1H3. The number of nitrogens with one attached hydrogen (secondary N) is 1. The van der Waals surface area contributed by atoms with Gasteiger partial charge < -0.3 is 9.64 Å². The highest BCUT2D eigenvalue weighted by Gasteiger charge is 2.22. The number of rotatable bonds is 7. The molecule has 0 radical (unpaired) electrons. The zero-order chi connectivity index (χ0) is 18.6. The molecule has 0 saturated carbocycles. The van der Waals surface area contributed by atoms with Gasteiger partial charge in [0.2, 0.25) is 15.9 Å². The van der Waals surface area contributed by atoms with E-state index in [9.17, 15) is 13.2 Å². The number of hydrogen-bond acceptors (Lipinski definition) is 4. The summed E-state index contributed by atoms with van der Waals surface area (Å²) in [5.41, 5.74) is 2.40. The molecule has 1 aromatic rings. The maximum Gasteiger partial charge on any atom is 0.240 e. The van der Waals surface area contributed by atoms with Crippen LogP contribution < -0.4 is 4.72 Å². The van der Waals surface area contributed by atoms with E-state index in [1.54, 1.807) is 17.0 Å². The number of nitrogens with zero attached hydrogens (tertiary/aromatic N) is 1. The van der Waals surface area contributed by atoms with Crippen molar-refractivity contribution >= 4 is 15.9 Å². The number of fused-ring (bicyclic) bond motifs is 1. The maximum absolute atomic E-state index is 12.6. The first-order valence-corrected chi connectivity index (χ1v) is 10.9. The van der Waals surface area contributed by atoms with Gasteiger partial charge in [-0.25, -0.2) is 13.1 Å². The molecule has 3 rings (SSSR count). The number of benzene rings is 1. The molecule has 1 atom stereocenters. The molecule has 1 N–H and O–H groups in total. The molecule has 1 aliphatic heterocycles. The summed E-state index contributed by atoms with van der Waals surface area (Å²) >= 11 is 0. The smallest absolute Gasteiger partial charge is 0.240 e. The molecule has 144 valence electrons. The topological polar surface area (TPSA) is 75.7 Å². The monoisotopic (exact) mass is 380 g/mol. The third-order valence-electron chi connectivity index (χ3n) is 5.20. The van der Waals surface area contributed by atoms with Gasteiger partial charge in [-0.05, 0) is 61.8 Å². The molecule has 1 heterocycles. The molecule has 1 amide bonds. The summed E-state index contributed by atoms with van der Waals surface area (Å²) in [5, 5.41) is 0. The van der Waals surface area contributed by atoms with Gasteiger partial charge in [-0.3, -0.25) is 4.79 Å². The van der Waals surface area contributed by atoms with Crippen LogP contribution in [-0.2, 0) is 32.4 Å². The van der Waals surface area contributed by atoms with Crippen LogP contribution in [0.4, 0.5) is 0 Å². The van der Waals surface area contributed by atoms with Gasteiger partial charge in [-0.2, -0.15) is 0 Å². The van der Waals surface area contributed by atoms with E-state index < -0.39 is 10.0 Å². The molecule has 0 aromatic heterocycles. The first-order chi connectivity index (χ1) is 12.5. The van der Waals surface area contributed by atoms with Crippen LogP contribution in [0.15, 0.2) is 23.1 Å². The molecule has 1 saturated heterocycles. The van der Waals surface area contributed by atoms with Crippen LogP contribution in [0.1, 0.15) is 43.7 Å². The highest BCUT2D eigenvalue weighted by Crippen LogP contribution is 2.24. The van der Waals surface area contributed by atoms with Crippen LogP contribution in [0.5, 0.6) is 0 Å². The number of sulfonamides is 1. The average molecular weight is 381 g/mol. The van der Waals surface area contributed by atoms with Crippen molar-refractivity contribution in [2.75, 3.05) is 26.2 Å². The van der Waals surface area contributed by atoms with Gasteiger partial charge in [0.05, 0.1) is 11.0 Å². The van der Waals surface area contributed by atoms with Gasteiger partial charge in [0.1, 0.15) is 0 Å². The Hall–Kier alpha value is -1.44. The summed E-state index contributed by atoms with van der Waals surface area (Å²) in [5.74, 6) is -0.0616. The highest BCUT2D eigenvalue weighted by molar-refractivity contribution is 7.89. The van der Waals surface area contributed by atoms with Crippen molar-refractivity contribution in [2.24, 2.45) is 0 Å². The summed E-state index contributed by atoms with van der Waals surface area (Å²) in [6, 6.07) is 5.41. The van der Waals surface area contributed by atoms with Gasteiger partial charge in [-0.15, -0.1) is 0 Å². The largest absolute Gasteiger partial charge is 0.376 e. The van der Waals surface area contributed by atoms with Crippen LogP contribution in [0.25, 0.3) is 0 Å². The molecule has 1 unspecified atom stereocenters. The summed E-state index contributed by atoms with van der Waals surface area (Å²) in [4.78, 5) is 13.8. The molecule has 7 heteroatoms. The normalized spacial score (nSPS) is 20.0. The number of amides is 1. The summed E-state index contributed by atoms with van der Waals surface area (Å²) in [6.07, 6.45) is 6.28. The van der Waals surface area contributed by atoms with Crippen LogP contribution >= 0.6 is 0 Å². The zero-order valence-corrected chi connectivity index (χ0v) is 16.2. The number of carbonyl (C=O) groups is 1. The van der Waals surface area contributed by atoms with E-state index >= 15 is 0 Å². The Kier molecular flexibility index (Phi) is 6.32. The second-order valence-corrected chi connectivity index (χ2v) is 8.90. The van der Waals surface area contributed by atoms with Gasteiger partial charge in [0.15, 0.2) is 0 Å². The summed E-state index contributed by atoms with van der Waals surface area (Å²) in [6.45, 7) is 3.31. The lowest BCUT2D eigenvalue weighted by molar-refractivity contribution is -0.130. The molecule has 26 heavy (non-hydrogen) atoms. The number of hydrogen-bond donors (Lipinski definition) is 1. The van der Waals surface area contributed by atoms with Gasteiger partial charge in [0, 0.05) is 33.2 Å². The van der Waals surface area contributed by atoms with Crippen molar-refractivity contribution in [2.45, 2.75) is 56.4 Å². The van der Waals surface area contributed by atoms with Gasteiger partial charge in [0.25, 0.3) is 0 Å². The van der Waals surface area contributed by atoms with E-state index in [0.717, 1.165) is 44.3 Å². The molecule has 6 nitrogen and oxygen atoms in total. The molecule has 2 aliphatic rings. The first-order valence-electron chi connectivity index (χ1n) is 9.44. The second kappa shape index (κ2) is 8.50. The van der Waals surface area contributed by atoms with E-state index in [-0.39, 0.29) is 18.6 Å². The van der Waals surface area contributed by atoms with Crippen LogP contribution in [0.2, 0.25) is 0 Å². The van der Waals surface area contributed by atoms with Gasteiger partial charge in [-0.1, -0.05) is 6.07 Å². The van der Waals surface area contributed by atoms with Crippen LogP contribution in [0, 0.1) is 0 Å². The lowest BCUT2D eigenvalue weighted by atomic mass is 9.92. The van der Waals surface area contributed by atoms with E-state index in [2.05, 4.69) is 4.72 Å². The fourth-order valence-corrected chi connectivity index (χ4v) is 4.76. The fraction of sp³-hybridized carbons (Fsp3) is 0.632. The van der Waals surface area contributed by atoms with E-state index in [1.807, 2.05) is 6.07 Å². The molecular formula is C19H28N2O4S. The Morgan fingerprint density at radius 1 is 1.23 bits per heavy atom. The van der Waals surface area contributed by atoms with Crippen molar-refractivity contribution in [1.82, 2.24) is 9.62 Å². The number of ether oxygens (including phenoxy) is 1. The maximum atomic E-state index is 12.6. The molecule has 1 aliphatic carbocycles. The Bertz CT molecular complexity index is 742. The summed E-state index contributed by atoms with van der Waals surface area (Å²) < 4.78 is 33.3. The Morgan fingerprint density at radius 2 is 2.00 bits per heavy atom. The van der Waals surface area contributed by atoms with Crippen LogP contribution in [0.3, 0.4) is 0 Å². The second-order valence-electron chi connectivity index (χ2n) is 7.14. The zero-order valence-electron chi connectivity index (χ0n) is 15.4. The average Bonchev–Trinajstić information content (AvgIpc) is 3.13. The van der Waals surface area contributed by atoms with Crippen molar-refractivity contribution in [1.29, 1.82) is 0 Å². The Balaban J connectivity index is 1.57. The van der Waals surface area contributed by atoms with E-state index in [4.69, 9.17) is 4.74 Å². The Labute approximate surface area is 156 Å². The van der Waals surface area contributed by atoms with Crippen molar-refractivity contribution < 1.29 is 17.9 Å². The third kappa shape index (κ3) is 4.84. The Morgan fingerprint density at radius 3 is 2.69 bits per heavy atom. The number of carbonyl (C=O) groups excluding carboxylic acids is 1. The molecule has 0 bridgehead atoms.